The molecule has 0 amide bonds. The molecule has 0 heterocycles. The van der Waals surface area contributed by atoms with Crippen LogP contribution >= 0.6 is 0 Å². The van der Waals surface area contributed by atoms with Crippen molar-refractivity contribution in [3.63, 3.8) is 0 Å². The zero-order valence-corrected chi connectivity index (χ0v) is 6.98. The first-order chi connectivity index (χ1) is 4.57. The molecule has 0 aromatic carbocycles. The Morgan fingerprint density at radius 2 is 2.20 bits per heavy atom. The molecule has 3 nitrogen and oxygen atoms in total. The second-order valence-corrected chi connectivity index (χ2v) is 3.92. The Hall–Kier alpha value is -0.380. The molecule has 0 aromatic heterocycles. The maximum Gasteiger partial charge on any atom is 0.307 e. The Bertz CT molecular complexity index is 144. The zero-order valence-electron chi connectivity index (χ0n) is 6.16. The Kier molecular flexibility index (Phi) is 4.27. The fourth-order valence-electron chi connectivity index (χ4n) is 0.468. The normalized spacial score (nSPS) is 16.2. The zero-order chi connectivity index (χ0) is 8.15. The van der Waals surface area contributed by atoms with Gasteiger partial charge in [0.25, 0.3) is 0 Å². The second-order valence-electron chi connectivity index (χ2n) is 2.13. The summed E-state index contributed by atoms with van der Waals surface area (Å²) >= 11 is 0. The van der Waals surface area contributed by atoms with E-state index in [4.69, 9.17) is 5.11 Å². The molecule has 0 rings (SSSR count). The van der Waals surface area contributed by atoms with Crippen molar-refractivity contribution in [2.75, 3.05) is 11.5 Å². The highest BCUT2D eigenvalue weighted by Crippen LogP contribution is 1.97. The van der Waals surface area contributed by atoms with Gasteiger partial charge in [-0.15, -0.1) is 0 Å². The van der Waals surface area contributed by atoms with Gasteiger partial charge in [-0.1, -0.05) is 13.8 Å². The Morgan fingerprint density at radius 3 is 2.50 bits per heavy atom. The van der Waals surface area contributed by atoms with E-state index in [1.807, 2.05) is 0 Å². The number of aliphatic carboxylic acids is 1. The quantitative estimate of drug-likeness (QED) is 0.657. The van der Waals surface area contributed by atoms with Gasteiger partial charge in [0, 0.05) is 22.3 Å². The molecule has 2 unspecified atom stereocenters. The van der Waals surface area contributed by atoms with Crippen molar-refractivity contribution in [2.24, 2.45) is 5.92 Å². The molecule has 0 aliphatic rings. The highest BCUT2D eigenvalue weighted by molar-refractivity contribution is 7.84. The first-order valence-electron chi connectivity index (χ1n) is 3.15. The van der Waals surface area contributed by atoms with Crippen molar-refractivity contribution in [2.45, 2.75) is 13.8 Å². The van der Waals surface area contributed by atoms with Crippen LogP contribution in [0.5, 0.6) is 0 Å². The minimum atomic E-state index is -0.958. The fourth-order valence-corrected chi connectivity index (χ4v) is 1.40. The smallest absolute Gasteiger partial charge is 0.307 e. The number of carboxylic acid groups (broad SMARTS) is 1. The van der Waals surface area contributed by atoms with Crippen molar-refractivity contribution >= 4 is 16.8 Å². The molecule has 0 fully saturated rings. The first-order valence-corrected chi connectivity index (χ1v) is 4.64. The Balaban J connectivity index is 3.68. The summed E-state index contributed by atoms with van der Waals surface area (Å²) in [6, 6.07) is 0. The molecule has 10 heavy (non-hydrogen) atoms. The average Bonchev–Trinajstić information content (AvgIpc) is 1.87. The number of hydrogen-bond donors (Lipinski definition) is 1. The lowest BCUT2D eigenvalue weighted by Gasteiger charge is -2.02. The van der Waals surface area contributed by atoms with Gasteiger partial charge in [0.15, 0.2) is 0 Å². The van der Waals surface area contributed by atoms with Gasteiger partial charge in [-0.2, -0.15) is 0 Å². The largest absolute Gasteiger partial charge is 0.481 e. The van der Waals surface area contributed by atoms with Gasteiger partial charge >= 0.3 is 5.97 Å². The first kappa shape index (κ1) is 9.62. The average molecular weight is 164 g/mol. The molecule has 0 spiro atoms. The molecule has 4 heteroatoms. The van der Waals surface area contributed by atoms with Crippen molar-refractivity contribution < 1.29 is 14.1 Å². The van der Waals surface area contributed by atoms with Gasteiger partial charge < -0.3 is 5.11 Å². The van der Waals surface area contributed by atoms with Crippen molar-refractivity contribution in [3.05, 3.63) is 0 Å². The van der Waals surface area contributed by atoms with Gasteiger partial charge in [-0.05, 0) is 0 Å². The monoisotopic (exact) mass is 164 g/mol. The topological polar surface area (TPSA) is 54.4 Å². The van der Waals surface area contributed by atoms with E-state index in [1.54, 1.807) is 13.8 Å². The molecule has 2 atom stereocenters. The van der Waals surface area contributed by atoms with E-state index in [1.165, 1.54) is 0 Å². The minimum absolute atomic E-state index is 0.270. The van der Waals surface area contributed by atoms with E-state index >= 15 is 0 Å². The predicted octanol–water partition coefficient (Wildman–Crippen LogP) is 0.476. The lowest BCUT2D eigenvalue weighted by molar-refractivity contribution is -0.140. The minimum Gasteiger partial charge on any atom is -0.481 e. The van der Waals surface area contributed by atoms with E-state index in [9.17, 15) is 9.00 Å². The van der Waals surface area contributed by atoms with Crippen LogP contribution in [0.3, 0.4) is 0 Å². The SMILES string of the molecule is CCS(=O)CC(C)C(=O)O. The number of rotatable bonds is 4. The van der Waals surface area contributed by atoms with Crippen LogP contribution in [0.25, 0.3) is 0 Å². The molecule has 60 valence electrons. The van der Waals surface area contributed by atoms with E-state index in [0.29, 0.717) is 5.75 Å². The Morgan fingerprint density at radius 1 is 1.70 bits per heavy atom. The summed E-state index contributed by atoms with van der Waals surface area (Å²) in [6.07, 6.45) is 0. The molecule has 0 saturated carbocycles. The molecule has 0 saturated heterocycles. The fraction of sp³-hybridized carbons (Fsp3) is 0.833. The van der Waals surface area contributed by atoms with Crippen LogP contribution in [0.4, 0.5) is 0 Å². The lowest BCUT2D eigenvalue weighted by Crippen LogP contribution is -2.17. The van der Waals surface area contributed by atoms with Crippen LogP contribution in [0.1, 0.15) is 13.8 Å². The second kappa shape index (κ2) is 4.44. The van der Waals surface area contributed by atoms with E-state index in [0.717, 1.165) is 0 Å². The highest BCUT2D eigenvalue weighted by atomic mass is 32.2. The maximum absolute atomic E-state index is 10.8. The maximum atomic E-state index is 10.8. The molecule has 0 radical (unpaired) electrons. The van der Waals surface area contributed by atoms with Crippen molar-refractivity contribution in [1.82, 2.24) is 0 Å². The Labute approximate surface area is 62.9 Å². The van der Waals surface area contributed by atoms with Crippen LogP contribution in [0.2, 0.25) is 0 Å². The van der Waals surface area contributed by atoms with Gasteiger partial charge in [0.05, 0.1) is 5.92 Å². The van der Waals surface area contributed by atoms with Gasteiger partial charge in [0.1, 0.15) is 0 Å². The van der Waals surface area contributed by atoms with Gasteiger partial charge in [-0.3, -0.25) is 9.00 Å². The molecule has 0 aliphatic carbocycles. The highest BCUT2D eigenvalue weighted by Gasteiger charge is 2.12. The van der Waals surface area contributed by atoms with Crippen LogP contribution in [-0.2, 0) is 15.6 Å². The molecule has 0 bridgehead atoms. The van der Waals surface area contributed by atoms with E-state index in [-0.39, 0.29) is 5.75 Å². The number of carbonyl (C=O) groups is 1. The summed E-state index contributed by atoms with van der Waals surface area (Å²) in [4.78, 5) is 10.2. The van der Waals surface area contributed by atoms with Crippen molar-refractivity contribution in [1.29, 1.82) is 0 Å². The summed E-state index contributed by atoms with van der Waals surface area (Å²) in [5.41, 5.74) is 0. The van der Waals surface area contributed by atoms with Crippen LogP contribution < -0.4 is 0 Å². The molecular weight excluding hydrogens is 152 g/mol. The van der Waals surface area contributed by atoms with Gasteiger partial charge in [-0.25, -0.2) is 0 Å². The summed E-state index contributed by atoms with van der Waals surface area (Å²) in [5, 5.41) is 8.39. The summed E-state index contributed by atoms with van der Waals surface area (Å²) in [5.74, 6) is -0.550. The van der Waals surface area contributed by atoms with E-state index in [2.05, 4.69) is 0 Å². The number of carboxylic acids is 1. The third kappa shape index (κ3) is 3.61. The van der Waals surface area contributed by atoms with Gasteiger partial charge in [0.2, 0.25) is 0 Å². The molecule has 0 aromatic rings. The van der Waals surface area contributed by atoms with Crippen LogP contribution in [-0.4, -0.2) is 26.8 Å². The van der Waals surface area contributed by atoms with Crippen LogP contribution in [0, 0.1) is 5.92 Å². The molecular formula is C6H12O3S. The summed E-state index contributed by atoms with van der Waals surface area (Å²) in [6.45, 7) is 3.35. The number of hydrogen-bond acceptors (Lipinski definition) is 2. The standard InChI is InChI=1S/C6H12O3S/c1-3-10(9)4-5(2)6(7)8/h5H,3-4H2,1-2H3,(H,7,8). The third-order valence-electron chi connectivity index (χ3n) is 1.18. The lowest BCUT2D eigenvalue weighted by atomic mass is 10.2. The van der Waals surface area contributed by atoms with Crippen LogP contribution in [0.15, 0.2) is 0 Å². The van der Waals surface area contributed by atoms with Crippen molar-refractivity contribution in [3.8, 4) is 0 Å². The predicted molar refractivity (Wildman–Crippen MR) is 40.4 cm³/mol. The van der Waals surface area contributed by atoms with E-state index < -0.39 is 22.7 Å². The molecule has 0 aliphatic heterocycles. The summed E-state index contributed by atoms with van der Waals surface area (Å²) in [7, 11) is -0.958. The summed E-state index contributed by atoms with van der Waals surface area (Å²) < 4.78 is 10.8. The molecule has 1 N–H and O–H groups in total. The third-order valence-corrected chi connectivity index (χ3v) is 2.70.